The molecule has 0 aliphatic carbocycles. The van der Waals surface area contributed by atoms with Gasteiger partial charge in [-0.05, 0) is 25.2 Å². The molecule has 7 heteroatoms. The number of ether oxygens (including phenoxy) is 1. The van der Waals surface area contributed by atoms with E-state index in [0.29, 0.717) is 24.2 Å². The van der Waals surface area contributed by atoms with Gasteiger partial charge in [-0.3, -0.25) is 4.79 Å². The smallest absolute Gasteiger partial charge is 0.223 e. The molecule has 2 N–H and O–H groups in total. The fraction of sp³-hybridized carbons (Fsp3) is 0.294. The molecule has 2 aromatic heterocycles. The van der Waals surface area contributed by atoms with Gasteiger partial charge in [0.05, 0.1) is 18.1 Å². The van der Waals surface area contributed by atoms with Crippen LogP contribution in [0.3, 0.4) is 0 Å². The molecule has 0 saturated carbocycles. The number of aromatic amines is 2. The van der Waals surface area contributed by atoms with Crippen molar-refractivity contribution in [2.75, 3.05) is 20.7 Å². The summed E-state index contributed by atoms with van der Waals surface area (Å²) < 4.78 is 18.1. The standard InChI is InChI=1S/C17H19FN4O2/c1-22(10-12-8-15(23)16(24-2)9-19-12)6-5-17-20-13-4-3-11(18)7-14(13)21-17/h3-4,7-9H,5-6,10H2,1-2H3,(H,19,23)(H,20,21). The van der Waals surface area contributed by atoms with E-state index in [0.717, 1.165) is 23.6 Å². The van der Waals surface area contributed by atoms with E-state index in [-0.39, 0.29) is 11.2 Å². The largest absolute Gasteiger partial charge is 0.491 e. The number of methoxy groups -OCH3 is 1. The maximum absolute atomic E-state index is 13.2. The Balaban J connectivity index is 1.61. The summed E-state index contributed by atoms with van der Waals surface area (Å²) in [5, 5.41) is 0. The lowest BCUT2D eigenvalue weighted by Gasteiger charge is -2.15. The molecule has 0 spiro atoms. The number of halogens is 1. The van der Waals surface area contributed by atoms with Crippen LogP contribution in [0.25, 0.3) is 11.0 Å². The minimum Gasteiger partial charge on any atom is -0.491 e. The zero-order chi connectivity index (χ0) is 17.1. The molecule has 126 valence electrons. The van der Waals surface area contributed by atoms with Gasteiger partial charge in [0.15, 0.2) is 5.75 Å². The van der Waals surface area contributed by atoms with Crippen LogP contribution in [0.4, 0.5) is 4.39 Å². The minimum atomic E-state index is -0.279. The Hall–Kier alpha value is -2.67. The maximum atomic E-state index is 13.2. The van der Waals surface area contributed by atoms with Crippen molar-refractivity contribution in [3.63, 3.8) is 0 Å². The minimum absolute atomic E-state index is 0.140. The number of likely N-dealkylation sites (N-methyl/N-ethyl adjacent to an activating group) is 1. The van der Waals surface area contributed by atoms with Crippen molar-refractivity contribution in [2.24, 2.45) is 0 Å². The fourth-order valence-corrected chi connectivity index (χ4v) is 2.57. The predicted molar refractivity (Wildman–Crippen MR) is 89.7 cm³/mol. The molecule has 1 aromatic carbocycles. The molecule has 0 aliphatic heterocycles. The Kier molecular flexibility index (Phi) is 4.61. The Morgan fingerprint density at radius 1 is 1.33 bits per heavy atom. The summed E-state index contributed by atoms with van der Waals surface area (Å²) in [6, 6.07) is 6.05. The molecule has 2 heterocycles. The van der Waals surface area contributed by atoms with E-state index in [2.05, 4.69) is 19.9 Å². The van der Waals surface area contributed by atoms with Gasteiger partial charge >= 0.3 is 0 Å². The van der Waals surface area contributed by atoms with Crippen LogP contribution in [0, 0.1) is 5.82 Å². The number of nitrogens with one attached hydrogen (secondary N) is 2. The van der Waals surface area contributed by atoms with Crippen molar-refractivity contribution < 1.29 is 9.13 Å². The molecule has 24 heavy (non-hydrogen) atoms. The summed E-state index contributed by atoms with van der Waals surface area (Å²) in [6.45, 7) is 1.35. The first-order chi connectivity index (χ1) is 11.5. The Morgan fingerprint density at radius 2 is 2.17 bits per heavy atom. The lowest BCUT2D eigenvalue weighted by Crippen LogP contribution is -2.22. The summed E-state index contributed by atoms with van der Waals surface area (Å²) in [6.07, 6.45) is 2.27. The van der Waals surface area contributed by atoms with E-state index < -0.39 is 0 Å². The second kappa shape index (κ2) is 6.84. The Bertz CT molecular complexity index is 903. The van der Waals surface area contributed by atoms with Crippen LogP contribution in [0.5, 0.6) is 5.75 Å². The SMILES string of the molecule is COc1c[nH]c(CN(C)CCc2nc3ccc(F)cc3[nH]2)cc1=O. The van der Waals surface area contributed by atoms with Crippen LogP contribution in [0.1, 0.15) is 11.5 Å². The van der Waals surface area contributed by atoms with E-state index in [4.69, 9.17) is 4.74 Å². The van der Waals surface area contributed by atoms with Crippen molar-refractivity contribution in [1.29, 1.82) is 0 Å². The van der Waals surface area contributed by atoms with E-state index >= 15 is 0 Å². The molecule has 0 amide bonds. The first-order valence-corrected chi connectivity index (χ1v) is 7.63. The van der Waals surface area contributed by atoms with Crippen LogP contribution in [-0.2, 0) is 13.0 Å². The molecule has 6 nitrogen and oxygen atoms in total. The fourth-order valence-electron chi connectivity index (χ4n) is 2.57. The maximum Gasteiger partial charge on any atom is 0.223 e. The van der Waals surface area contributed by atoms with E-state index in [1.54, 1.807) is 18.3 Å². The summed E-state index contributed by atoms with van der Waals surface area (Å²) >= 11 is 0. The lowest BCUT2D eigenvalue weighted by molar-refractivity contribution is 0.324. The van der Waals surface area contributed by atoms with Crippen molar-refractivity contribution in [1.82, 2.24) is 19.9 Å². The lowest BCUT2D eigenvalue weighted by atomic mass is 10.3. The summed E-state index contributed by atoms with van der Waals surface area (Å²) in [5.41, 5.74) is 2.13. The molecule has 0 fully saturated rings. The van der Waals surface area contributed by atoms with Crippen molar-refractivity contribution in [2.45, 2.75) is 13.0 Å². The van der Waals surface area contributed by atoms with Gasteiger partial charge in [0, 0.05) is 37.5 Å². The molecular formula is C17H19FN4O2. The van der Waals surface area contributed by atoms with Crippen LogP contribution in [0.15, 0.2) is 35.3 Å². The van der Waals surface area contributed by atoms with Crippen LogP contribution < -0.4 is 10.2 Å². The van der Waals surface area contributed by atoms with E-state index in [1.807, 2.05) is 7.05 Å². The molecule has 0 bridgehead atoms. The van der Waals surface area contributed by atoms with E-state index in [1.165, 1.54) is 19.2 Å². The third kappa shape index (κ3) is 3.62. The normalized spacial score (nSPS) is 11.3. The van der Waals surface area contributed by atoms with Gasteiger partial charge in [-0.15, -0.1) is 0 Å². The zero-order valence-electron chi connectivity index (χ0n) is 13.6. The highest BCUT2D eigenvalue weighted by Crippen LogP contribution is 2.13. The highest BCUT2D eigenvalue weighted by molar-refractivity contribution is 5.74. The first-order valence-electron chi connectivity index (χ1n) is 7.63. The topological polar surface area (TPSA) is 74.0 Å². The highest BCUT2D eigenvalue weighted by atomic mass is 19.1. The highest BCUT2D eigenvalue weighted by Gasteiger charge is 2.07. The number of hydrogen-bond acceptors (Lipinski definition) is 4. The van der Waals surface area contributed by atoms with Crippen LogP contribution in [0.2, 0.25) is 0 Å². The Labute approximate surface area is 138 Å². The van der Waals surface area contributed by atoms with Crippen molar-refractivity contribution >= 4 is 11.0 Å². The number of hydrogen-bond donors (Lipinski definition) is 2. The number of rotatable bonds is 6. The molecule has 0 atom stereocenters. The number of nitrogens with zero attached hydrogens (tertiary/aromatic N) is 2. The molecule has 3 rings (SSSR count). The molecule has 0 radical (unpaired) electrons. The number of benzene rings is 1. The molecular weight excluding hydrogens is 311 g/mol. The van der Waals surface area contributed by atoms with Gasteiger partial charge in [-0.2, -0.15) is 0 Å². The third-order valence-electron chi connectivity index (χ3n) is 3.82. The average molecular weight is 330 g/mol. The van der Waals surface area contributed by atoms with Crippen molar-refractivity contribution in [3.05, 3.63) is 58.0 Å². The Morgan fingerprint density at radius 3 is 2.92 bits per heavy atom. The number of imidazole rings is 1. The molecule has 0 unspecified atom stereocenters. The third-order valence-corrected chi connectivity index (χ3v) is 3.82. The van der Waals surface area contributed by atoms with Crippen LogP contribution >= 0.6 is 0 Å². The van der Waals surface area contributed by atoms with Crippen molar-refractivity contribution in [3.8, 4) is 5.75 Å². The zero-order valence-corrected chi connectivity index (χ0v) is 13.6. The van der Waals surface area contributed by atoms with Gasteiger partial charge < -0.3 is 19.6 Å². The summed E-state index contributed by atoms with van der Waals surface area (Å²) in [4.78, 5) is 24.5. The second-order valence-electron chi connectivity index (χ2n) is 5.72. The van der Waals surface area contributed by atoms with Gasteiger partial charge in [0.2, 0.25) is 5.43 Å². The number of fused-ring (bicyclic) bond motifs is 1. The summed E-state index contributed by atoms with van der Waals surface area (Å²) in [7, 11) is 3.43. The second-order valence-corrected chi connectivity index (χ2v) is 5.72. The van der Waals surface area contributed by atoms with Gasteiger partial charge in [0.25, 0.3) is 0 Å². The van der Waals surface area contributed by atoms with Gasteiger partial charge in [-0.1, -0.05) is 0 Å². The average Bonchev–Trinajstić information content (AvgIpc) is 2.95. The number of H-pyrrole nitrogens is 2. The summed E-state index contributed by atoms with van der Waals surface area (Å²) in [5.74, 6) is 0.833. The monoisotopic (exact) mass is 330 g/mol. The number of aromatic nitrogens is 3. The molecule has 0 saturated heterocycles. The van der Waals surface area contributed by atoms with E-state index in [9.17, 15) is 9.18 Å². The molecule has 0 aliphatic rings. The number of pyridine rings is 1. The molecule has 3 aromatic rings. The quantitative estimate of drug-likeness (QED) is 0.726. The first kappa shape index (κ1) is 16.2. The predicted octanol–water partition coefficient (Wildman–Crippen LogP) is 2.07. The van der Waals surface area contributed by atoms with Crippen LogP contribution in [-0.4, -0.2) is 40.6 Å². The van der Waals surface area contributed by atoms with Gasteiger partial charge in [-0.25, -0.2) is 9.37 Å². The van der Waals surface area contributed by atoms with Gasteiger partial charge in [0.1, 0.15) is 11.6 Å².